The highest BCUT2D eigenvalue weighted by atomic mass is 19.1. The first kappa shape index (κ1) is 13.9. The van der Waals surface area contributed by atoms with Crippen LogP contribution in [0.3, 0.4) is 0 Å². The third kappa shape index (κ3) is 4.24. The van der Waals surface area contributed by atoms with E-state index in [2.05, 4.69) is 12.2 Å². The molecule has 0 spiro atoms. The van der Waals surface area contributed by atoms with Crippen molar-refractivity contribution in [1.29, 1.82) is 5.26 Å². The second-order valence-electron chi connectivity index (χ2n) is 5.69. The summed E-state index contributed by atoms with van der Waals surface area (Å²) in [6.07, 6.45) is 6.46. The molecule has 1 aromatic rings. The summed E-state index contributed by atoms with van der Waals surface area (Å²) in [4.78, 5) is 0. The molecule has 0 heterocycles. The number of nitrogens with zero attached hydrogens (tertiary/aromatic N) is 1. The second kappa shape index (κ2) is 6.56. The van der Waals surface area contributed by atoms with Gasteiger partial charge in [0.25, 0.3) is 0 Å². The van der Waals surface area contributed by atoms with Crippen molar-refractivity contribution >= 4 is 5.69 Å². The van der Waals surface area contributed by atoms with E-state index in [1.807, 2.05) is 6.07 Å². The first-order valence-corrected chi connectivity index (χ1v) is 7.12. The Morgan fingerprint density at radius 1 is 1.37 bits per heavy atom. The summed E-state index contributed by atoms with van der Waals surface area (Å²) in [6.45, 7) is 3.18. The van der Waals surface area contributed by atoms with E-state index in [9.17, 15) is 4.39 Å². The normalized spacial score (nSPS) is 22.8. The van der Waals surface area contributed by atoms with E-state index in [4.69, 9.17) is 5.26 Å². The van der Waals surface area contributed by atoms with Crippen molar-refractivity contribution in [3.05, 3.63) is 29.6 Å². The molecule has 0 saturated heterocycles. The average Bonchev–Trinajstić information content (AvgIpc) is 2.38. The second-order valence-corrected chi connectivity index (χ2v) is 5.69. The van der Waals surface area contributed by atoms with E-state index in [1.165, 1.54) is 37.8 Å². The molecule has 1 aliphatic carbocycles. The molecule has 1 N–H and O–H groups in total. The number of anilines is 1. The minimum atomic E-state index is -0.354. The molecule has 0 bridgehead atoms. The van der Waals surface area contributed by atoms with Gasteiger partial charge in [0, 0.05) is 12.2 Å². The van der Waals surface area contributed by atoms with Crippen LogP contribution in [-0.2, 0) is 0 Å². The fraction of sp³-hybridized carbons (Fsp3) is 0.562. The Morgan fingerprint density at radius 3 is 2.95 bits per heavy atom. The topological polar surface area (TPSA) is 35.8 Å². The van der Waals surface area contributed by atoms with E-state index in [1.54, 1.807) is 6.07 Å². The molecule has 19 heavy (non-hydrogen) atoms. The summed E-state index contributed by atoms with van der Waals surface area (Å²) in [5.41, 5.74) is 1.08. The molecule has 0 radical (unpaired) electrons. The Kier molecular flexibility index (Phi) is 4.79. The first-order chi connectivity index (χ1) is 9.17. The van der Waals surface area contributed by atoms with Gasteiger partial charge < -0.3 is 5.32 Å². The lowest BCUT2D eigenvalue weighted by atomic mass is 9.81. The molecule has 0 aromatic heterocycles. The third-order valence-corrected chi connectivity index (χ3v) is 3.95. The SMILES string of the molecule is CC1CCCC(CCNc2cc(F)cc(C#N)c2)C1. The number of halogens is 1. The minimum Gasteiger partial charge on any atom is -0.385 e. The van der Waals surface area contributed by atoms with Crippen molar-refractivity contribution < 1.29 is 4.39 Å². The van der Waals surface area contributed by atoms with Crippen molar-refractivity contribution in [3.63, 3.8) is 0 Å². The third-order valence-electron chi connectivity index (χ3n) is 3.95. The Balaban J connectivity index is 1.82. The lowest BCUT2D eigenvalue weighted by Crippen LogP contribution is -2.16. The van der Waals surface area contributed by atoms with Gasteiger partial charge in [-0.2, -0.15) is 5.26 Å². The Labute approximate surface area is 114 Å². The van der Waals surface area contributed by atoms with Crippen LogP contribution in [0.2, 0.25) is 0 Å². The summed E-state index contributed by atoms with van der Waals surface area (Å²) in [5, 5.41) is 12.0. The van der Waals surface area contributed by atoms with Gasteiger partial charge in [0.1, 0.15) is 5.82 Å². The molecular formula is C16H21FN2. The molecule has 1 aromatic carbocycles. The van der Waals surface area contributed by atoms with Gasteiger partial charge in [-0.1, -0.05) is 26.2 Å². The molecule has 0 aliphatic heterocycles. The fourth-order valence-electron chi connectivity index (χ4n) is 3.00. The maximum Gasteiger partial charge on any atom is 0.126 e. The predicted octanol–water partition coefficient (Wildman–Crippen LogP) is 4.33. The molecule has 2 atom stereocenters. The lowest BCUT2D eigenvalue weighted by molar-refractivity contribution is 0.274. The zero-order valence-corrected chi connectivity index (χ0v) is 11.5. The van der Waals surface area contributed by atoms with Gasteiger partial charge >= 0.3 is 0 Å². The van der Waals surface area contributed by atoms with Gasteiger partial charge in [0.15, 0.2) is 0 Å². The molecule has 2 unspecified atom stereocenters. The minimum absolute atomic E-state index is 0.354. The molecule has 3 heteroatoms. The summed E-state index contributed by atoms with van der Waals surface area (Å²) in [5.74, 6) is 1.28. The van der Waals surface area contributed by atoms with Crippen LogP contribution in [0.5, 0.6) is 0 Å². The molecule has 2 nitrogen and oxygen atoms in total. The van der Waals surface area contributed by atoms with Crippen molar-refractivity contribution in [2.75, 3.05) is 11.9 Å². The Hall–Kier alpha value is -1.56. The van der Waals surface area contributed by atoms with Gasteiger partial charge in [-0.3, -0.25) is 0 Å². The highest BCUT2D eigenvalue weighted by Gasteiger charge is 2.18. The summed E-state index contributed by atoms with van der Waals surface area (Å²) < 4.78 is 13.3. The Morgan fingerprint density at radius 2 is 2.21 bits per heavy atom. The monoisotopic (exact) mass is 260 g/mol. The van der Waals surface area contributed by atoms with E-state index in [0.29, 0.717) is 11.3 Å². The van der Waals surface area contributed by atoms with Crippen LogP contribution in [0, 0.1) is 29.0 Å². The summed E-state index contributed by atoms with van der Waals surface area (Å²) in [7, 11) is 0. The zero-order chi connectivity index (χ0) is 13.7. The first-order valence-electron chi connectivity index (χ1n) is 7.12. The lowest BCUT2D eigenvalue weighted by Gasteiger charge is -2.26. The number of benzene rings is 1. The number of rotatable bonds is 4. The molecule has 102 valence electrons. The predicted molar refractivity (Wildman–Crippen MR) is 75.3 cm³/mol. The van der Waals surface area contributed by atoms with E-state index in [0.717, 1.165) is 24.8 Å². The molecule has 1 fully saturated rings. The van der Waals surface area contributed by atoms with Gasteiger partial charge in [-0.25, -0.2) is 4.39 Å². The smallest absolute Gasteiger partial charge is 0.126 e. The van der Waals surface area contributed by atoms with E-state index < -0.39 is 0 Å². The van der Waals surface area contributed by atoms with Crippen molar-refractivity contribution in [3.8, 4) is 6.07 Å². The van der Waals surface area contributed by atoms with Crippen LogP contribution in [0.25, 0.3) is 0 Å². The maximum absolute atomic E-state index is 13.3. The number of hydrogen-bond acceptors (Lipinski definition) is 2. The molecule has 0 amide bonds. The van der Waals surface area contributed by atoms with Crippen LogP contribution in [0.15, 0.2) is 18.2 Å². The highest BCUT2D eigenvalue weighted by Crippen LogP contribution is 2.30. The average molecular weight is 260 g/mol. The molecular weight excluding hydrogens is 239 g/mol. The molecule has 1 aliphatic rings. The number of nitriles is 1. The maximum atomic E-state index is 13.3. The van der Waals surface area contributed by atoms with Crippen LogP contribution in [0.4, 0.5) is 10.1 Å². The van der Waals surface area contributed by atoms with Gasteiger partial charge in [0.2, 0.25) is 0 Å². The zero-order valence-electron chi connectivity index (χ0n) is 11.5. The molecule has 2 rings (SSSR count). The van der Waals surface area contributed by atoms with Gasteiger partial charge in [0.05, 0.1) is 11.6 Å². The standard InChI is InChI=1S/C16H21FN2/c1-12-3-2-4-13(7-12)5-6-19-16-9-14(11-18)8-15(17)10-16/h8-10,12-13,19H,2-7H2,1H3. The largest absolute Gasteiger partial charge is 0.385 e. The number of hydrogen-bond donors (Lipinski definition) is 1. The number of nitrogens with one attached hydrogen (secondary N) is 1. The highest BCUT2D eigenvalue weighted by molar-refractivity contribution is 5.49. The Bertz CT molecular complexity index is 464. The van der Waals surface area contributed by atoms with Gasteiger partial charge in [-0.05, 0) is 42.9 Å². The fourth-order valence-corrected chi connectivity index (χ4v) is 3.00. The summed E-state index contributed by atoms with van der Waals surface area (Å²) >= 11 is 0. The summed E-state index contributed by atoms with van der Waals surface area (Å²) in [6, 6.07) is 6.38. The van der Waals surface area contributed by atoms with Crippen LogP contribution < -0.4 is 5.32 Å². The quantitative estimate of drug-likeness (QED) is 0.874. The van der Waals surface area contributed by atoms with Crippen molar-refractivity contribution in [2.24, 2.45) is 11.8 Å². The van der Waals surface area contributed by atoms with Crippen LogP contribution in [-0.4, -0.2) is 6.54 Å². The van der Waals surface area contributed by atoms with Gasteiger partial charge in [-0.15, -0.1) is 0 Å². The van der Waals surface area contributed by atoms with E-state index >= 15 is 0 Å². The molecule has 1 saturated carbocycles. The van der Waals surface area contributed by atoms with Crippen LogP contribution >= 0.6 is 0 Å². The van der Waals surface area contributed by atoms with E-state index in [-0.39, 0.29) is 5.82 Å². The van der Waals surface area contributed by atoms with Crippen molar-refractivity contribution in [1.82, 2.24) is 0 Å². The van der Waals surface area contributed by atoms with Crippen LogP contribution in [0.1, 0.15) is 44.6 Å². The van der Waals surface area contributed by atoms with Crippen molar-refractivity contribution in [2.45, 2.75) is 39.0 Å².